The van der Waals surface area contributed by atoms with Crippen molar-refractivity contribution in [3.8, 4) is 0 Å². The molecule has 0 spiro atoms. The fourth-order valence-electron chi connectivity index (χ4n) is 3.69. The second-order valence-corrected chi connectivity index (χ2v) is 7.23. The van der Waals surface area contributed by atoms with Crippen molar-refractivity contribution in [3.63, 3.8) is 0 Å². The highest BCUT2D eigenvalue weighted by Gasteiger charge is 2.35. The third kappa shape index (κ3) is 4.68. The Morgan fingerprint density at radius 1 is 1.31 bits per heavy atom. The number of amides is 1. The molecule has 3 rings (SSSR count). The van der Waals surface area contributed by atoms with Crippen molar-refractivity contribution >= 4 is 23.3 Å². The van der Waals surface area contributed by atoms with Crippen LogP contribution in [0.2, 0.25) is 0 Å². The second kappa shape index (κ2) is 9.23. The summed E-state index contributed by atoms with van der Waals surface area (Å²) in [6, 6.07) is 4.59. The van der Waals surface area contributed by atoms with Crippen LogP contribution in [0.25, 0.3) is 0 Å². The Balaban J connectivity index is 1.87. The van der Waals surface area contributed by atoms with Crippen LogP contribution in [0.15, 0.2) is 29.5 Å². The van der Waals surface area contributed by atoms with E-state index in [0.29, 0.717) is 18.5 Å². The Hall–Kier alpha value is -2.65. The maximum Gasteiger partial charge on any atom is 0.337 e. The number of β-amino-alcohol motifs (C(OH)–C–C–N with tert-alkyl or cyclic N) is 1. The van der Waals surface area contributed by atoms with E-state index in [1.165, 1.54) is 18.1 Å². The zero-order chi connectivity index (χ0) is 21.0. The molecule has 2 aliphatic rings. The molecule has 1 aliphatic heterocycles. The molecule has 0 atom stereocenters. The van der Waals surface area contributed by atoms with Crippen LogP contribution < -0.4 is 10.6 Å². The summed E-state index contributed by atoms with van der Waals surface area (Å²) in [5, 5.41) is 24.9. The number of nitrogens with one attached hydrogen (secondary N) is 2. The second-order valence-electron chi connectivity index (χ2n) is 7.23. The topological polar surface area (TPSA) is 111 Å². The molecule has 0 aromatic heterocycles. The van der Waals surface area contributed by atoms with Gasteiger partial charge in [0, 0.05) is 12.6 Å². The molecule has 9 heteroatoms. The van der Waals surface area contributed by atoms with Gasteiger partial charge in [0.05, 0.1) is 43.3 Å². The molecule has 0 saturated heterocycles. The number of methoxy groups -OCH3 is 1. The number of esters is 1. The average molecular weight is 407 g/mol. The number of ether oxygens (including phenoxy) is 1. The van der Waals surface area contributed by atoms with Gasteiger partial charge in [-0.1, -0.05) is 6.07 Å². The molecule has 0 radical (unpaired) electrons. The van der Waals surface area contributed by atoms with Crippen LogP contribution in [0, 0.1) is 5.82 Å². The Bertz CT molecular complexity index is 805. The highest BCUT2D eigenvalue weighted by Crippen LogP contribution is 2.32. The summed E-state index contributed by atoms with van der Waals surface area (Å²) in [5.41, 5.74) is 0.559. The monoisotopic (exact) mass is 407 g/mol. The number of anilines is 2. The summed E-state index contributed by atoms with van der Waals surface area (Å²) < 4.78 is 19.4. The minimum Gasteiger partial charge on any atom is -0.466 e. The Morgan fingerprint density at radius 2 is 2.03 bits per heavy atom. The lowest BCUT2D eigenvalue weighted by Gasteiger charge is -2.28. The van der Waals surface area contributed by atoms with Crippen LogP contribution in [0.5, 0.6) is 0 Å². The van der Waals surface area contributed by atoms with Crippen molar-refractivity contribution in [2.24, 2.45) is 0 Å². The van der Waals surface area contributed by atoms with Gasteiger partial charge in [-0.25, -0.2) is 9.18 Å². The largest absolute Gasteiger partial charge is 0.466 e. The summed E-state index contributed by atoms with van der Waals surface area (Å²) in [7, 11) is 1.21. The maximum atomic E-state index is 14.7. The van der Waals surface area contributed by atoms with Gasteiger partial charge in [-0.05, 0) is 37.8 Å². The molecular formula is C20H26FN3O5. The number of hydrogen-bond donors (Lipinski definition) is 4. The summed E-state index contributed by atoms with van der Waals surface area (Å²) in [4.78, 5) is 26.1. The number of carbonyl (C=O) groups is 2. The lowest BCUT2D eigenvalue weighted by molar-refractivity contribution is -0.136. The molecule has 1 aromatic rings. The quantitative estimate of drug-likeness (QED) is 0.503. The molecule has 0 bridgehead atoms. The van der Waals surface area contributed by atoms with Crippen molar-refractivity contribution in [1.82, 2.24) is 4.90 Å². The van der Waals surface area contributed by atoms with Gasteiger partial charge in [0.25, 0.3) is 5.91 Å². The first-order chi connectivity index (χ1) is 13.9. The van der Waals surface area contributed by atoms with Gasteiger partial charge in [0.1, 0.15) is 11.5 Å². The lowest BCUT2D eigenvalue weighted by atomic mass is 9.93. The van der Waals surface area contributed by atoms with Crippen LogP contribution in [0.4, 0.5) is 15.8 Å². The molecule has 1 aromatic carbocycles. The van der Waals surface area contributed by atoms with Gasteiger partial charge >= 0.3 is 5.97 Å². The number of carbonyl (C=O) groups excluding carboxylic acids is 2. The molecule has 1 aliphatic carbocycles. The summed E-state index contributed by atoms with van der Waals surface area (Å²) in [6.45, 7) is -0.225. The van der Waals surface area contributed by atoms with Crippen molar-refractivity contribution in [2.75, 3.05) is 37.4 Å². The smallest absolute Gasteiger partial charge is 0.337 e. The van der Waals surface area contributed by atoms with Crippen LogP contribution >= 0.6 is 0 Å². The van der Waals surface area contributed by atoms with E-state index < -0.39 is 17.7 Å². The molecule has 8 nitrogen and oxygen atoms in total. The van der Waals surface area contributed by atoms with Gasteiger partial charge in [0.15, 0.2) is 0 Å². The maximum absolute atomic E-state index is 14.7. The first-order valence-electron chi connectivity index (χ1n) is 9.66. The fourth-order valence-corrected chi connectivity index (χ4v) is 3.69. The third-order valence-electron chi connectivity index (χ3n) is 5.27. The molecule has 0 unspecified atom stereocenters. The van der Waals surface area contributed by atoms with Crippen molar-refractivity contribution in [3.05, 3.63) is 35.3 Å². The van der Waals surface area contributed by atoms with Crippen LogP contribution in [-0.2, 0) is 14.3 Å². The number of aliphatic hydroxyl groups is 2. The number of benzene rings is 1. The first-order valence-corrected chi connectivity index (χ1v) is 9.66. The van der Waals surface area contributed by atoms with Crippen LogP contribution in [0.1, 0.15) is 25.7 Å². The van der Waals surface area contributed by atoms with E-state index >= 15 is 0 Å². The number of rotatable bonds is 7. The first kappa shape index (κ1) is 21.1. The van der Waals surface area contributed by atoms with Gasteiger partial charge in [-0.3, -0.25) is 4.79 Å². The van der Waals surface area contributed by atoms with Gasteiger partial charge in [-0.15, -0.1) is 0 Å². The van der Waals surface area contributed by atoms with E-state index in [1.54, 1.807) is 12.1 Å². The highest BCUT2D eigenvalue weighted by molar-refractivity contribution is 6.09. The molecule has 1 amide bonds. The molecule has 1 heterocycles. The molecule has 4 N–H and O–H groups in total. The van der Waals surface area contributed by atoms with Crippen LogP contribution in [-0.4, -0.2) is 65.9 Å². The Labute approximate surface area is 168 Å². The van der Waals surface area contributed by atoms with Gasteiger partial charge < -0.3 is 30.5 Å². The normalized spacial score (nSPS) is 22.1. The lowest BCUT2D eigenvalue weighted by Crippen LogP contribution is -2.31. The number of para-hydroxylation sites is 1. The molecule has 158 valence electrons. The number of nitrogens with zero attached hydrogens (tertiary/aromatic N) is 1. The summed E-state index contributed by atoms with van der Waals surface area (Å²) >= 11 is 0. The Kier molecular flexibility index (Phi) is 6.71. The number of hydrogen-bond acceptors (Lipinski definition) is 7. The van der Waals surface area contributed by atoms with E-state index in [4.69, 9.17) is 9.84 Å². The molecular weight excluding hydrogens is 381 g/mol. The average Bonchev–Trinajstić information content (AvgIpc) is 3.01. The van der Waals surface area contributed by atoms with Crippen molar-refractivity contribution in [1.29, 1.82) is 0 Å². The van der Waals surface area contributed by atoms with Crippen molar-refractivity contribution in [2.45, 2.75) is 37.8 Å². The minimum atomic E-state index is -0.687. The summed E-state index contributed by atoms with van der Waals surface area (Å²) in [5.74, 6) is -1.76. The third-order valence-corrected chi connectivity index (χ3v) is 5.27. The predicted molar refractivity (Wildman–Crippen MR) is 105 cm³/mol. The van der Waals surface area contributed by atoms with E-state index in [9.17, 15) is 19.1 Å². The summed E-state index contributed by atoms with van der Waals surface area (Å²) in [6.07, 6.45) is 2.52. The fraction of sp³-hybridized carbons (Fsp3) is 0.500. The molecule has 29 heavy (non-hydrogen) atoms. The molecule has 1 saturated carbocycles. The number of aliphatic hydroxyl groups excluding tert-OH is 2. The standard InChI is InChI=1S/C20H26FN3O5/c1-29-20(28)14-11-24(9-10-25)19(27)17(14)23-18-15(21)3-2-4-16(18)22-12-5-7-13(26)8-6-12/h2-4,12-13,22-23,25-26H,5-11H2,1H3. The van der Waals surface area contributed by atoms with Crippen molar-refractivity contribution < 1.29 is 28.9 Å². The minimum absolute atomic E-state index is 0.0217. The van der Waals surface area contributed by atoms with Crippen LogP contribution in [0.3, 0.4) is 0 Å². The molecule has 1 fully saturated rings. The SMILES string of the molecule is COC(=O)C1=C(Nc2c(F)cccc2NC2CCC(O)CC2)C(=O)N(CCO)C1. The number of halogens is 1. The predicted octanol–water partition coefficient (Wildman–Crippen LogP) is 1.21. The zero-order valence-electron chi connectivity index (χ0n) is 16.3. The Morgan fingerprint density at radius 3 is 2.69 bits per heavy atom. The van der Waals surface area contributed by atoms with Gasteiger partial charge in [0.2, 0.25) is 0 Å². The zero-order valence-corrected chi connectivity index (χ0v) is 16.3. The van der Waals surface area contributed by atoms with E-state index in [-0.39, 0.29) is 48.8 Å². The van der Waals surface area contributed by atoms with Gasteiger partial charge in [-0.2, -0.15) is 0 Å². The van der Waals surface area contributed by atoms with E-state index in [0.717, 1.165) is 12.8 Å². The highest BCUT2D eigenvalue weighted by atomic mass is 19.1. The van der Waals surface area contributed by atoms with E-state index in [2.05, 4.69) is 10.6 Å². The van der Waals surface area contributed by atoms with E-state index in [1.807, 2.05) is 0 Å².